The minimum absolute atomic E-state index is 0.331. The third kappa shape index (κ3) is 2.94. The Morgan fingerprint density at radius 2 is 2.50 bits per heavy atom. The molecule has 1 aromatic rings. The molecule has 4 nitrogen and oxygen atoms in total. The van der Waals surface area contributed by atoms with Crippen LogP contribution < -0.4 is 5.32 Å². The number of carbonyl (C=O) groups is 1. The Balaban J connectivity index is 2.58. The monoisotopic (exact) mass is 191 g/mol. The van der Waals surface area contributed by atoms with Gasteiger partial charge in [-0.05, 0) is 19.3 Å². The summed E-state index contributed by atoms with van der Waals surface area (Å²) in [6.07, 6.45) is 1.98. The highest BCUT2D eigenvalue weighted by molar-refractivity contribution is 6.03. The highest BCUT2D eigenvalue weighted by atomic mass is 16.1. The maximum atomic E-state index is 11.0. The van der Waals surface area contributed by atoms with E-state index in [9.17, 15) is 4.79 Å². The van der Waals surface area contributed by atoms with E-state index in [0.717, 1.165) is 18.5 Å². The van der Waals surface area contributed by atoms with Gasteiger partial charge >= 0.3 is 5.91 Å². The van der Waals surface area contributed by atoms with E-state index < -0.39 is 0 Å². The number of carbonyl (C=O) groups excluding carboxylic acids is 1. The van der Waals surface area contributed by atoms with Crippen molar-refractivity contribution in [2.24, 2.45) is 0 Å². The molecular weight excluding hydrogens is 178 g/mol. The number of nitrogens with zero attached hydrogens (tertiary/aromatic N) is 1. The topological polar surface area (TPSA) is 57.8 Å². The highest BCUT2D eigenvalue weighted by Crippen LogP contribution is 2.06. The van der Waals surface area contributed by atoms with Crippen LogP contribution in [0.4, 0.5) is 5.82 Å². The summed E-state index contributed by atoms with van der Waals surface area (Å²) in [6, 6.07) is 1.82. The number of H-pyrrole nitrogens is 1. The van der Waals surface area contributed by atoms with Crippen LogP contribution in [-0.2, 0) is 11.2 Å². The highest BCUT2D eigenvalue weighted by Gasteiger charge is 2.02. The Labute approximate surface area is 83.1 Å². The summed E-state index contributed by atoms with van der Waals surface area (Å²) in [5.74, 6) is 5.10. The molecule has 0 radical (unpaired) electrons. The number of hydrogen-bond donors (Lipinski definition) is 2. The normalized spacial score (nSPS) is 9.00. The SMILES string of the molecule is CC#CC(=O)Nc1cc(CCC)[nH]n1. The largest absolute Gasteiger partial charge is 0.301 e. The fraction of sp³-hybridized carbons (Fsp3) is 0.400. The molecule has 0 bridgehead atoms. The van der Waals surface area contributed by atoms with Gasteiger partial charge in [0.1, 0.15) is 0 Å². The predicted octanol–water partition coefficient (Wildman–Crippen LogP) is 1.32. The molecule has 0 unspecified atom stereocenters. The first-order valence-corrected chi connectivity index (χ1v) is 4.54. The fourth-order valence-electron chi connectivity index (χ4n) is 1.08. The first kappa shape index (κ1) is 10.3. The number of aromatic nitrogens is 2. The van der Waals surface area contributed by atoms with Crippen molar-refractivity contribution < 1.29 is 4.79 Å². The Morgan fingerprint density at radius 3 is 3.14 bits per heavy atom. The molecule has 1 rings (SSSR count). The number of hydrogen-bond acceptors (Lipinski definition) is 2. The number of rotatable bonds is 3. The molecule has 1 aromatic heterocycles. The minimum atomic E-state index is -0.331. The molecule has 0 saturated carbocycles. The molecule has 4 heteroatoms. The van der Waals surface area contributed by atoms with E-state index in [-0.39, 0.29) is 5.91 Å². The van der Waals surface area contributed by atoms with Crippen molar-refractivity contribution in [1.29, 1.82) is 0 Å². The van der Waals surface area contributed by atoms with Gasteiger partial charge in [-0.25, -0.2) is 0 Å². The second-order valence-electron chi connectivity index (χ2n) is 2.86. The van der Waals surface area contributed by atoms with Crippen molar-refractivity contribution in [2.45, 2.75) is 26.7 Å². The van der Waals surface area contributed by atoms with Crippen LogP contribution >= 0.6 is 0 Å². The van der Waals surface area contributed by atoms with Crippen molar-refractivity contribution in [2.75, 3.05) is 5.32 Å². The zero-order chi connectivity index (χ0) is 10.4. The van der Waals surface area contributed by atoms with Crippen LogP contribution in [0.2, 0.25) is 0 Å². The molecule has 2 N–H and O–H groups in total. The average Bonchev–Trinajstić information content (AvgIpc) is 2.53. The zero-order valence-electron chi connectivity index (χ0n) is 8.35. The van der Waals surface area contributed by atoms with Crippen molar-refractivity contribution in [3.63, 3.8) is 0 Å². The van der Waals surface area contributed by atoms with Crippen molar-refractivity contribution in [1.82, 2.24) is 10.2 Å². The molecule has 0 aromatic carbocycles. The summed E-state index contributed by atoms with van der Waals surface area (Å²) < 4.78 is 0. The molecule has 1 heterocycles. The summed E-state index contributed by atoms with van der Waals surface area (Å²) in [6.45, 7) is 3.70. The van der Waals surface area contributed by atoms with E-state index >= 15 is 0 Å². The van der Waals surface area contributed by atoms with Gasteiger partial charge in [-0.15, -0.1) is 0 Å². The van der Waals surface area contributed by atoms with Crippen LogP contribution in [0.3, 0.4) is 0 Å². The van der Waals surface area contributed by atoms with Crippen LogP contribution in [0, 0.1) is 11.8 Å². The summed E-state index contributed by atoms with van der Waals surface area (Å²) in [4.78, 5) is 11.0. The molecule has 0 fully saturated rings. The molecule has 74 valence electrons. The Bertz CT molecular complexity index is 370. The minimum Gasteiger partial charge on any atom is -0.298 e. The first-order chi connectivity index (χ1) is 6.76. The number of amides is 1. The van der Waals surface area contributed by atoms with Gasteiger partial charge in [-0.2, -0.15) is 5.10 Å². The van der Waals surface area contributed by atoms with Crippen LogP contribution in [0.15, 0.2) is 6.07 Å². The maximum absolute atomic E-state index is 11.0. The lowest BCUT2D eigenvalue weighted by molar-refractivity contribution is -0.111. The Kier molecular flexibility index (Phi) is 3.74. The quantitative estimate of drug-likeness (QED) is 0.708. The Morgan fingerprint density at radius 1 is 1.71 bits per heavy atom. The van der Waals surface area contributed by atoms with Crippen molar-refractivity contribution >= 4 is 11.7 Å². The molecule has 0 aliphatic carbocycles. The number of anilines is 1. The molecule has 1 amide bonds. The van der Waals surface area contributed by atoms with Gasteiger partial charge in [0.05, 0.1) is 0 Å². The molecule has 0 saturated heterocycles. The lowest BCUT2D eigenvalue weighted by atomic mass is 10.2. The smallest absolute Gasteiger partial charge is 0.298 e. The molecular formula is C10H13N3O. The second-order valence-corrected chi connectivity index (χ2v) is 2.86. The third-order valence-electron chi connectivity index (χ3n) is 1.63. The zero-order valence-corrected chi connectivity index (χ0v) is 8.35. The second kappa shape index (κ2) is 5.07. The van der Waals surface area contributed by atoms with E-state index in [0.29, 0.717) is 5.82 Å². The predicted molar refractivity (Wildman–Crippen MR) is 54.7 cm³/mol. The standard InChI is InChI=1S/C10H13N3O/c1-3-5-8-7-9(13-12-8)11-10(14)6-4-2/h7H,3,5H2,1-2H3,(H2,11,12,13,14). The lowest BCUT2D eigenvalue weighted by Gasteiger charge is -1.91. The van der Waals surface area contributed by atoms with Gasteiger partial charge in [-0.3, -0.25) is 15.2 Å². The molecule has 14 heavy (non-hydrogen) atoms. The molecule has 0 atom stereocenters. The van der Waals surface area contributed by atoms with E-state index in [4.69, 9.17) is 0 Å². The van der Waals surface area contributed by atoms with E-state index in [1.165, 1.54) is 0 Å². The summed E-state index contributed by atoms with van der Waals surface area (Å²) in [5.41, 5.74) is 1.02. The van der Waals surface area contributed by atoms with Crippen molar-refractivity contribution in [3.8, 4) is 11.8 Å². The van der Waals surface area contributed by atoms with Crippen LogP contribution in [0.1, 0.15) is 26.0 Å². The maximum Gasteiger partial charge on any atom is 0.301 e. The molecule has 0 aliphatic rings. The number of aryl methyl sites for hydroxylation is 1. The van der Waals surface area contributed by atoms with E-state index in [1.807, 2.05) is 6.07 Å². The molecule has 0 aliphatic heterocycles. The summed E-state index contributed by atoms with van der Waals surface area (Å²) >= 11 is 0. The number of nitrogens with one attached hydrogen (secondary N) is 2. The third-order valence-corrected chi connectivity index (χ3v) is 1.63. The first-order valence-electron chi connectivity index (χ1n) is 4.54. The van der Waals surface area contributed by atoms with Gasteiger partial charge in [0.25, 0.3) is 0 Å². The molecule has 0 spiro atoms. The summed E-state index contributed by atoms with van der Waals surface area (Å²) in [7, 11) is 0. The van der Waals surface area contributed by atoms with Crippen LogP contribution in [0.5, 0.6) is 0 Å². The van der Waals surface area contributed by atoms with Gasteiger partial charge in [0, 0.05) is 11.8 Å². The van der Waals surface area contributed by atoms with Crippen molar-refractivity contribution in [3.05, 3.63) is 11.8 Å². The van der Waals surface area contributed by atoms with Crippen LogP contribution in [0.25, 0.3) is 0 Å². The van der Waals surface area contributed by atoms with E-state index in [1.54, 1.807) is 6.92 Å². The summed E-state index contributed by atoms with van der Waals surface area (Å²) in [5, 5.41) is 9.34. The fourth-order valence-corrected chi connectivity index (χ4v) is 1.08. The lowest BCUT2D eigenvalue weighted by Crippen LogP contribution is -2.08. The van der Waals surface area contributed by atoms with Gasteiger partial charge in [0.15, 0.2) is 5.82 Å². The number of aromatic amines is 1. The van der Waals surface area contributed by atoms with E-state index in [2.05, 4.69) is 34.3 Å². The van der Waals surface area contributed by atoms with Gasteiger partial charge in [-0.1, -0.05) is 19.3 Å². The van der Waals surface area contributed by atoms with Gasteiger partial charge < -0.3 is 0 Å². The Hall–Kier alpha value is -1.76. The average molecular weight is 191 g/mol. The van der Waals surface area contributed by atoms with Gasteiger partial charge in [0.2, 0.25) is 0 Å². The van der Waals surface area contributed by atoms with Crippen LogP contribution in [-0.4, -0.2) is 16.1 Å².